The summed E-state index contributed by atoms with van der Waals surface area (Å²) in [5.41, 5.74) is 2.50. The molecule has 0 bridgehead atoms. The highest BCUT2D eigenvalue weighted by molar-refractivity contribution is 14.1. The first-order chi connectivity index (χ1) is 7.36. The normalized spacial score (nSPS) is 9.31. The van der Waals surface area contributed by atoms with Crippen LogP contribution in [0.15, 0.2) is 54.6 Å². The van der Waals surface area contributed by atoms with Gasteiger partial charge in [-0.2, -0.15) is 0 Å². The lowest BCUT2D eigenvalue weighted by molar-refractivity contribution is 1.14. The van der Waals surface area contributed by atoms with Crippen LogP contribution < -0.4 is 5.32 Å². The molecule has 0 aliphatic heterocycles. The maximum Gasteiger partial charge on any atom is 0.0411 e. The number of para-hydroxylation sites is 1. The van der Waals surface area contributed by atoms with E-state index in [2.05, 4.69) is 64.3 Å². The third-order valence-corrected chi connectivity index (χ3v) is 3.27. The quantitative estimate of drug-likeness (QED) is 0.817. The van der Waals surface area contributed by atoms with Crippen molar-refractivity contribution < 1.29 is 0 Å². The summed E-state index contributed by atoms with van der Waals surface area (Å²) in [6.45, 7) is 0.878. The Morgan fingerprint density at radius 2 is 1.50 bits per heavy atom. The molecule has 0 aromatic heterocycles. The molecule has 0 aliphatic carbocycles. The summed E-state index contributed by atoms with van der Waals surface area (Å²) in [6, 6.07) is 18.7. The first-order valence-electron chi connectivity index (χ1n) is 4.88. The van der Waals surface area contributed by atoms with Gasteiger partial charge >= 0.3 is 0 Å². The molecule has 2 rings (SSSR count). The van der Waals surface area contributed by atoms with Gasteiger partial charge in [-0.05, 0) is 46.4 Å². The second-order valence-corrected chi connectivity index (χ2v) is 4.47. The van der Waals surface area contributed by atoms with Gasteiger partial charge in [-0.1, -0.05) is 36.4 Å². The molecule has 0 spiro atoms. The molecular weight excluding hydrogens is 333 g/mol. The lowest BCUT2D eigenvalue weighted by atomic mass is 10.2. The number of hydrogen-bond donors (Lipinski definition) is 1. The maximum absolute atomic E-state index is 3.40. The molecule has 0 atom stereocenters. The van der Waals surface area contributed by atoms with Crippen LogP contribution in [0.2, 0.25) is 0 Å². The van der Waals surface area contributed by atoms with Crippen LogP contribution in [0.25, 0.3) is 0 Å². The third kappa shape index (κ3) is 3.68. The van der Waals surface area contributed by atoms with Crippen molar-refractivity contribution in [2.75, 3.05) is 5.32 Å². The fourth-order valence-electron chi connectivity index (χ4n) is 1.40. The molecular formula is C13H13ClIN. The number of rotatable bonds is 3. The summed E-state index contributed by atoms with van der Waals surface area (Å²) >= 11 is 2.36. The zero-order valence-corrected chi connectivity index (χ0v) is 11.7. The predicted molar refractivity (Wildman–Crippen MR) is 80.2 cm³/mol. The number of halogens is 2. The summed E-state index contributed by atoms with van der Waals surface area (Å²) in [5, 5.41) is 3.40. The molecule has 0 amide bonds. The molecule has 2 aromatic rings. The van der Waals surface area contributed by atoms with Crippen LogP contribution in [0.5, 0.6) is 0 Å². The highest BCUT2D eigenvalue weighted by atomic mass is 127. The smallest absolute Gasteiger partial charge is 0.0411 e. The Morgan fingerprint density at radius 3 is 2.19 bits per heavy atom. The molecule has 1 N–H and O–H groups in total. The van der Waals surface area contributed by atoms with E-state index >= 15 is 0 Å². The van der Waals surface area contributed by atoms with Gasteiger partial charge in [-0.3, -0.25) is 0 Å². The molecule has 16 heavy (non-hydrogen) atoms. The topological polar surface area (TPSA) is 12.0 Å². The van der Waals surface area contributed by atoms with Gasteiger partial charge in [0.15, 0.2) is 0 Å². The fourth-order valence-corrected chi connectivity index (χ4v) is 1.97. The molecule has 0 heterocycles. The molecule has 2 aromatic carbocycles. The largest absolute Gasteiger partial charge is 0.381 e. The first-order valence-corrected chi connectivity index (χ1v) is 5.96. The second kappa shape index (κ2) is 6.76. The van der Waals surface area contributed by atoms with E-state index in [4.69, 9.17) is 0 Å². The lowest BCUT2D eigenvalue weighted by Gasteiger charge is -2.07. The minimum absolute atomic E-state index is 0. The fraction of sp³-hybridized carbons (Fsp3) is 0.0769. The van der Waals surface area contributed by atoms with Crippen molar-refractivity contribution in [3.63, 3.8) is 0 Å². The minimum Gasteiger partial charge on any atom is -0.381 e. The van der Waals surface area contributed by atoms with Crippen molar-refractivity contribution in [1.82, 2.24) is 0 Å². The van der Waals surface area contributed by atoms with Crippen molar-refractivity contribution in [3.8, 4) is 0 Å². The molecule has 0 fully saturated rings. The first kappa shape index (κ1) is 13.3. The summed E-state index contributed by atoms with van der Waals surface area (Å²) < 4.78 is 1.30. The van der Waals surface area contributed by atoms with Crippen LogP contribution in [-0.2, 0) is 6.54 Å². The Balaban J connectivity index is 0.00000128. The number of hydrogen-bond acceptors (Lipinski definition) is 1. The van der Waals surface area contributed by atoms with E-state index < -0.39 is 0 Å². The van der Waals surface area contributed by atoms with E-state index in [9.17, 15) is 0 Å². The van der Waals surface area contributed by atoms with Crippen LogP contribution in [-0.4, -0.2) is 0 Å². The van der Waals surface area contributed by atoms with Gasteiger partial charge in [0, 0.05) is 15.8 Å². The molecule has 84 valence electrons. The second-order valence-electron chi connectivity index (χ2n) is 3.31. The van der Waals surface area contributed by atoms with E-state index in [0.717, 1.165) is 12.2 Å². The average molecular weight is 346 g/mol. The van der Waals surface area contributed by atoms with Gasteiger partial charge in [0.25, 0.3) is 0 Å². The van der Waals surface area contributed by atoms with Crippen LogP contribution in [0.4, 0.5) is 5.69 Å². The Morgan fingerprint density at radius 1 is 0.875 bits per heavy atom. The van der Waals surface area contributed by atoms with E-state index in [-0.39, 0.29) is 12.4 Å². The minimum atomic E-state index is 0. The van der Waals surface area contributed by atoms with Gasteiger partial charge < -0.3 is 5.32 Å². The van der Waals surface area contributed by atoms with Crippen molar-refractivity contribution in [1.29, 1.82) is 0 Å². The van der Waals surface area contributed by atoms with Crippen LogP contribution >= 0.6 is 35.0 Å². The Hall–Kier alpha value is -0.740. The number of nitrogens with one attached hydrogen (secondary N) is 1. The number of anilines is 1. The van der Waals surface area contributed by atoms with Gasteiger partial charge in [0.2, 0.25) is 0 Å². The van der Waals surface area contributed by atoms with E-state index in [1.807, 2.05) is 18.2 Å². The molecule has 0 unspecified atom stereocenters. The zero-order valence-electron chi connectivity index (χ0n) is 8.69. The SMILES string of the molecule is Cl.Ic1ccccc1CNc1ccccc1. The molecule has 3 heteroatoms. The standard InChI is InChI=1S/C13H12IN.ClH/c14-13-9-5-4-6-11(13)10-15-12-7-2-1-3-8-12;/h1-9,15H,10H2;1H. The predicted octanol–water partition coefficient (Wildman–Crippen LogP) is 4.33. The van der Waals surface area contributed by atoms with E-state index in [0.29, 0.717) is 0 Å². The highest BCUT2D eigenvalue weighted by Gasteiger charge is 1.97. The van der Waals surface area contributed by atoms with Crippen molar-refractivity contribution in [2.24, 2.45) is 0 Å². The van der Waals surface area contributed by atoms with Gasteiger partial charge in [0.05, 0.1) is 0 Å². The highest BCUT2D eigenvalue weighted by Crippen LogP contribution is 2.13. The van der Waals surface area contributed by atoms with Crippen LogP contribution in [0.1, 0.15) is 5.56 Å². The Labute approximate surface area is 116 Å². The van der Waals surface area contributed by atoms with E-state index in [1.165, 1.54) is 9.13 Å². The molecule has 0 radical (unpaired) electrons. The average Bonchev–Trinajstić information content (AvgIpc) is 2.29. The van der Waals surface area contributed by atoms with Gasteiger partial charge in [0.1, 0.15) is 0 Å². The molecule has 0 saturated heterocycles. The Kier molecular flexibility index (Phi) is 5.63. The van der Waals surface area contributed by atoms with Crippen molar-refractivity contribution >= 4 is 40.7 Å². The van der Waals surface area contributed by atoms with Gasteiger partial charge in [-0.15, -0.1) is 12.4 Å². The molecule has 0 aliphatic rings. The maximum atomic E-state index is 3.40. The molecule has 0 saturated carbocycles. The summed E-state index contributed by atoms with van der Waals surface area (Å²) in [7, 11) is 0. The van der Waals surface area contributed by atoms with Crippen LogP contribution in [0, 0.1) is 3.57 Å². The number of benzene rings is 2. The third-order valence-electron chi connectivity index (χ3n) is 2.21. The lowest BCUT2D eigenvalue weighted by Crippen LogP contribution is -2.00. The van der Waals surface area contributed by atoms with Crippen molar-refractivity contribution in [2.45, 2.75) is 6.54 Å². The summed E-state index contributed by atoms with van der Waals surface area (Å²) in [6.07, 6.45) is 0. The van der Waals surface area contributed by atoms with E-state index in [1.54, 1.807) is 0 Å². The summed E-state index contributed by atoms with van der Waals surface area (Å²) in [5.74, 6) is 0. The summed E-state index contributed by atoms with van der Waals surface area (Å²) in [4.78, 5) is 0. The zero-order chi connectivity index (χ0) is 10.5. The Bertz CT molecular complexity index is 431. The van der Waals surface area contributed by atoms with Crippen molar-refractivity contribution in [3.05, 3.63) is 63.7 Å². The monoisotopic (exact) mass is 345 g/mol. The van der Waals surface area contributed by atoms with Crippen LogP contribution in [0.3, 0.4) is 0 Å². The molecule has 1 nitrogen and oxygen atoms in total. The van der Waals surface area contributed by atoms with Gasteiger partial charge in [-0.25, -0.2) is 0 Å².